The Morgan fingerprint density at radius 1 is 1.16 bits per heavy atom. The molecule has 3 aromatic rings. The SMILES string of the molecule is CC.Cc1nc(-c2ccnc3[nH]cc(F)c23)ccc1C1(O)CCN(C2CCSCC2)CC1. The fourth-order valence-electron chi connectivity index (χ4n) is 5.01. The van der Waals surface area contributed by atoms with E-state index in [9.17, 15) is 9.50 Å². The Hall–Kier alpha value is -1.96. The van der Waals surface area contributed by atoms with Gasteiger partial charge in [0, 0.05) is 48.3 Å². The van der Waals surface area contributed by atoms with Crippen molar-refractivity contribution in [3.63, 3.8) is 0 Å². The van der Waals surface area contributed by atoms with E-state index in [2.05, 4.69) is 14.9 Å². The van der Waals surface area contributed by atoms with E-state index >= 15 is 0 Å². The van der Waals surface area contributed by atoms with Gasteiger partial charge >= 0.3 is 0 Å². The zero-order valence-corrected chi connectivity index (χ0v) is 20.0. The number of rotatable bonds is 3. The Morgan fingerprint density at radius 3 is 2.56 bits per heavy atom. The van der Waals surface area contributed by atoms with Crippen LogP contribution >= 0.6 is 11.8 Å². The molecule has 2 N–H and O–H groups in total. The van der Waals surface area contributed by atoms with Crippen molar-refractivity contribution in [3.8, 4) is 11.3 Å². The van der Waals surface area contributed by atoms with Gasteiger partial charge in [0.15, 0.2) is 5.82 Å². The normalized spacial score (nSPS) is 19.5. The number of hydrogen-bond donors (Lipinski definition) is 2. The molecule has 172 valence electrons. The number of aromatic amines is 1. The number of likely N-dealkylation sites (tertiary alicyclic amines) is 1. The van der Waals surface area contributed by atoms with Crippen molar-refractivity contribution in [1.82, 2.24) is 19.9 Å². The molecule has 0 saturated carbocycles. The number of aryl methyl sites for hydroxylation is 1. The van der Waals surface area contributed by atoms with Crippen molar-refractivity contribution < 1.29 is 9.50 Å². The third kappa shape index (κ3) is 4.43. The fraction of sp³-hybridized carbons (Fsp3) is 0.520. The molecule has 3 aromatic heterocycles. The van der Waals surface area contributed by atoms with Crippen molar-refractivity contribution in [3.05, 3.63) is 47.7 Å². The topological polar surface area (TPSA) is 65.0 Å². The van der Waals surface area contributed by atoms with Gasteiger partial charge in [-0.05, 0) is 56.2 Å². The van der Waals surface area contributed by atoms with Gasteiger partial charge in [-0.25, -0.2) is 9.37 Å². The standard InChI is InChI=1S/C23H27FN4OS.C2H6/c1-15-18(23(29)7-10-28(11-8-23)16-5-12-30-13-6-16)2-3-20(27-15)17-4-9-25-22-21(17)19(24)14-26-22;1-2/h2-4,9,14,16,29H,5-8,10-13H2,1H3,(H,25,26);1-2H3. The van der Waals surface area contributed by atoms with Gasteiger partial charge in [-0.3, -0.25) is 4.98 Å². The number of pyridine rings is 2. The lowest BCUT2D eigenvalue weighted by Gasteiger charge is -2.43. The minimum absolute atomic E-state index is 0.330. The Kier molecular flexibility index (Phi) is 7.17. The Morgan fingerprint density at radius 2 is 1.88 bits per heavy atom. The summed E-state index contributed by atoms with van der Waals surface area (Å²) in [5.41, 5.74) is 2.78. The molecule has 0 amide bonds. The fourth-order valence-corrected chi connectivity index (χ4v) is 6.09. The number of nitrogens with one attached hydrogen (secondary N) is 1. The molecule has 2 aliphatic rings. The van der Waals surface area contributed by atoms with E-state index in [1.165, 1.54) is 30.5 Å². The lowest BCUT2D eigenvalue weighted by Crippen LogP contribution is -2.48. The zero-order chi connectivity index (χ0) is 22.7. The van der Waals surface area contributed by atoms with Gasteiger partial charge in [-0.15, -0.1) is 0 Å². The highest BCUT2D eigenvalue weighted by molar-refractivity contribution is 7.99. The summed E-state index contributed by atoms with van der Waals surface area (Å²) in [6.07, 6.45) is 6.95. The van der Waals surface area contributed by atoms with E-state index in [0.29, 0.717) is 28.3 Å². The van der Waals surface area contributed by atoms with E-state index in [4.69, 9.17) is 4.98 Å². The Balaban J connectivity index is 0.00000119. The van der Waals surface area contributed by atoms with Crippen molar-refractivity contribution >= 4 is 22.8 Å². The second-order valence-electron chi connectivity index (χ2n) is 8.46. The molecule has 7 heteroatoms. The first-order chi connectivity index (χ1) is 15.5. The maximum absolute atomic E-state index is 14.3. The predicted molar refractivity (Wildman–Crippen MR) is 130 cm³/mol. The monoisotopic (exact) mass is 456 g/mol. The number of hydrogen-bond acceptors (Lipinski definition) is 5. The highest BCUT2D eigenvalue weighted by atomic mass is 32.2. The van der Waals surface area contributed by atoms with Crippen LogP contribution in [0.4, 0.5) is 4.39 Å². The van der Waals surface area contributed by atoms with E-state index in [1.54, 1.807) is 12.3 Å². The molecule has 0 radical (unpaired) electrons. The van der Waals surface area contributed by atoms with Crippen LogP contribution in [0.3, 0.4) is 0 Å². The molecule has 5 nitrogen and oxygen atoms in total. The number of fused-ring (bicyclic) bond motifs is 1. The van der Waals surface area contributed by atoms with Crippen LogP contribution in [-0.4, -0.2) is 55.6 Å². The third-order valence-electron chi connectivity index (χ3n) is 6.72. The molecule has 0 unspecified atom stereocenters. The predicted octanol–water partition coefficient (Wildman–Crippen LogP) is 5.28. The van der Waals surface area contributed by atoms with Crippen molar-refractivity contribution in [2.45, 2.75) is 58.1 Å². The molecular weight excluding hydrogens is 423 g/mol. The van der Waals surface area contributed by atoms with Crippen LogP contribution in [0.15, 0.2) is 30.6 Å². The van der Waals surface area contributed by atoms with Gasteiger partial charge in [0.25, 0.3) is 0 Å². The summed E-state index contributed by atoms with van der Waals surface area (Å²) in [7, 11) is 0. The van der Waals surface area contributed by atoms with Crippen LogP contribution in [0, 0.1) is 12.7 Å². The summed E-state index contributed by atoms with van der Waals surface area (Å²) >= 11 is 2.05. The summed E-state index contributed by atoms with van der Waals surface area (Å²) in [5, 5.41) is 11.9. The molecule has 0 atom stereocenters. The summed E-state index contributed by atoms with van der Waals surface area (Å²) in [6, 6.07) is 6.33. The van der Waals surface area contributed by atoms with Gasteiger partial charge in [0.1, 0.15) is 5.65 Å². The van der Waals surface area contributed by atoms with Gasteiger partial charge in [0.05, 0.1) is 16.7 Å². The molecular formula is C25H33FN4OS. The van der Waals surface area contributed by atoms with Crippen LogP contribution in [0.2, 0.25) is 0 Å². The van der Waals surface area contributed by atoms with E-state index < -0.39 is 5.60 Å². The molecule has 5 heterocycles. The Bertz CT molecular complexity index is 1060. The smallest absolute Gasteiger partial charge is 0.150 e. The Labute approximate surface area is 193 Å². The number of aromatic nitrogens is 3. The van der Waals surface area contributed by atoms with Gasteiger partial charge in [-0.1, -0.05) is 19.9 Å². The van der Waals surface area contributed by atoms with Crippen LogP contribution in [-0.2, 0) is 5.60 Å². The van der Waals surface area contributed by atoms with E-state index in [-0.39, 0.29) is 5.82 Å². The number of nitrogens with zero attached hydrogens (tertiary/aromatic N) is 3. The molecule has 32 heavy (non-hydrogen) atoms. The first kappa shape index (κ1) is 23.2. The molecule has 5 rings (SSSR count). The zero-order valence-electron chi connectivity index (χ0n) is 19.2. The molecule has 0 aromatic carbocycles. The van der Waals surface area contributed by atoms with E-state index in [1.807, 2.05) is 44.7 Å². The maximum atomic E-state index is 14.3. The van der Waals surface area contributed by atoms with Crippen molar-refractivity contribution in [2.24, 2.45) is 0 Å². The van der Waals surface area contributed by atoms with Crippen molar-refractivity contribution in [1.29, 1.82) is 0 Å². The van der Waals surface area contributed by atoms with Crippen LogP contribution in [0.5, 0.6) is 0 Å². The first-order valence-electron chi connectivity index (χ1n) is 11.7. The molecule has 2 saturated heterocycles. The maximum Gasteiger partial charge on any atom is 0.150 e. The molecule has 0 spiro atoms. The number of halogens is 1. The van der Waals surface area contributed by atoms with Gasteiger partial charge < -0.3 is 15.0 Å². The average Bonchev–Trinajstić information content (AvgIpc) is 3.22. The lowest BCUT2D eigenvalue weighted by molar-refractivity contribution is -0.0371. The number of H-pyrrole nitrogens is 1. The van der Waals surface area contributed by atoms with Crippen LogP contribution in [0.1, 0.15) is 50.8 Å². The number of piperidine rings is 1. The van der Waals surface area contributed by atoms with Gasteiger partial charge in [0.2, 0.25) is 0 Å². The second-order valence-corrected chi connectivity index (χ2v) is 9.68. The largest absolute Gasteiger partial charge is 0.385 e. The average molecular weight is 457 g/mol. The minimum Gasteiger partial charge on any atom is -0.385 e. The van der Waals surface area contributed by atoms with Crippen molar-refractivity contribution in [2.75, 3.05) is 24.6 Å². The summed E-state index contributed by atoms with van der Waals surface area (Å²) in [6.45, 7) is 7.78. The second kappa shape index (κ2) is 9.89. The molecule has 2 fully saturated rings. The first-order valence-corrected chi connectivity index (χ1v) is 12.8. The highest BCUT2D eigenvalue weighted by Gasteiger charge is 2.37. The quantitative estimate of drug-likeness (QED) is 0.562. The lowest BCUT2D eigenvalue weighted by atomic mass is 9.82. The minimum atomic E-state index is -0.845. The van der Waals surface area contributed by atoms with Gasteiger partial charge in [-0.2, -0.15) is 11.8 Å². The van der Waals surface area contributed by atoms with Crippen LogP contribution < -0.4 is 0 Å². The number of thioether (sulfide) groups is 1. The molecule has 0 bridgehead atoms. The summed E-state index contributed by atoms with van der Waals surface area (Å²) in [5.74, 6) is 2.17. The molecule has 0 aliphatic carbocycles. The number of aliphatic hydroxyl groups is 1. The summed E-state index contributed by atoms with van der Waals surface area (Å²) < 4.78 is 14.3. The highest BCUT2D eigenvalue weighted by Crippen LogP contribution is 2.37. The third-order valence-corrected chi connectivity index (χ3v) is 7.77. The van der Waals surface area contributed by atoms with E-state index in [0.717, 1.165) is 37.2 Å². The van der Waals surface area contributed by atoms with Crippen LogP contribution in [0.25, 0.3) is 22.3 Å². The molecule has 2 aliphatic heterocycles. The summed E-state index contributed by atoms with van der Waals surface area (Å²) in [4.78, 5) is 14.4.